The van der Waals surface area contributed by atoms with Crippen LogP contribution in [0.25, 0.3) is 0 Å². The lowest BCUT2D eigenvalue weighted by Crippen LogP contribution is -2.36. The van der Waals surface area contributed by atoms with Gasteiger partial charge in [0, 0.05) is 50.8 Å². The molecule has 35 heavy (non-hydrogen) atoms. The second-order valence-electron chi connectivity index (χ2n) is 8.62. The van der Waals surface area contributed by atoms with Crippen LogP contribution in [0.4, 0.5) is 11.4 Å². The Bertz CT molecular complexity index is 1060. The highest BCUT2D eigenvalue weighted by molar-refractivity contribution is 6.02. The maximum atomic E-state index is 12.5. The molecule has 0 radical (unpaired) electrons. The highest BCUT2D eigenvalue weighted by atomic mass is 16.5. The highest BCUT2D eigenvalue weighted by Crippen LogP contribution is 2.19. The molecule has 4 rings (SSSR count). The number of benzene rings is 2. The van der Waals surface area contributed by atoms with Gasteiger partial charge in [0.15, 0.2) is 0 Å². The summed E-state index contributed by atoms with van der Waals surface area (Å²) >= 11 is 0. The molecule has 0 atom stereocenters. The van der Waals surface area contributed by atoms with Crippen LogP contribution in [0.3, 0.4) is 0 Å². The molecule has 9 nitrogen and oxygen atoms in total. The molecule has 3 amide bonds. The van der Waals surface area contributed by atoms with Crippen LogP contribution in [0, 0.1) is 0 Å². The fraction of sp³-hybridized carbons (Fsp3) is 0.385. The second kappa shape index (κ2) is 11.6. The lowest BCUT2D eigenvalue weighted by atomic mass is 10.1. The molecule has 2 aliphatic rings. The number of hydrogen-bond acceptors (Lipinski definition) is 6. The van der Waals surface area contributed by atoms with E-state index < -0.39 is 0 Å². The molecule has 2 aliphatic heterocycles. The van der Waals surface area contributed by atoms with Crippen LogP contribution in [0.2, 0.25) is 0 Å². The first-order chi connectivity index (χ1) is 17.0. The number of hydrogen-bond donors (Lipinski definition) is 1. The van der Waals surface area contributed by atoms with Gasteiger partial charge < -0.3 is 19.9 Å². The zero-order valence-electron chi connectivity index (χ0n) is 20.0. The van der Waals surface area contributed by atoms with Crippen LogP contribution in [0.1, 0.15) is 24.8 Å². The van der Waals surface area contributed by atoms with E-state index >= 15 is 0 Å². The van der Waals surface area contributed by atoms with E-state index in [-0.39, 0.29) is 37.1 Å². The number of nitrogens with zero attached hydrogens (tertiary/aromatic N) is 4. The van der Waals surface area contributed by atoms with Gasteiger partial charge in [0.1, 0.15) is 0 Å². The van der Waals surface area contributed by atoms with Crippen molar-refractivity contribution >= 4 is 34.8 Å². The maximum absolute atomic E-state index is 12.5. The number of anilines is 2. The van der Waals surface area contributed by atoms with E-state index in [0.29, 0.717) is 31.9 Å². The summed E-state index contributed by atoms with van der Waals surface area (Å²) in [5.41, 5.74) is 3.63. The van der Waals surface area contributed by atoms with Crippen LogP contribution in [0.15, 0.2) is 59.7 Å². The molecule has 1 fully saturated rings. The van der Waals surface area contributed by atoms with Gasteiger partial charge in [0.2, 0.25) is 17.7 Å². The maximum Gasteiger partial charge on any atom is 0.243 e. The molecule has 0 aromatic heterocycles. The predicted octanol–water partition coefficient (Wildman–Crippen LogP) is 2.34. The molecule has 184 valence electrons. The van der Waals surface area contributed by atoms with Crippen LogP contribution in [0.5, 0.6) is 0 Å². The third-order valence-corrected chi connectivity index (χ3v) is 6.08. The molecule has 0 aliphatic carbocycles. The van der Waals surface area contributed by atoms with Crippen molar-refractivity contribution in [1.82, 2.24) is 9.91 Å². The van der Waals surface area contributed by atoms with Crippen molar-refractivity contribution < 1.29 is 19.1 Å². The highest BCUT2D eigenvalue weighted by Gasteiger charge is 2.23. The van der Waals surface area contributed by atoms with E-state index in [4.69, 9.17) is 4.74 Å². The third kappa shape index (κ3) is 6.66. The van der Waals surface area contributed by atoms with Gasteiger partial charge in [-0.3, -0.25) is 14.4 Å². The van der Waals surface area contributed by atoms with Gasteiger partial charge in [-0.05, 0) is 29.8 Å². The molecule has 0 bridgehead atoms. The van der Waals surface area contributed by atoms with E-state index in [2.05, 4.69) is 15.3 Å². The van der Waals surface area contributed by atoms with Crippen molar-refractivity contribution in [3.8, 4) is 0 Å². The zero-order chi connectivity index (χ0) is 24.6. The number of ether oxygens (including phenoxy) is 1. The Labute approximate surface area is 205 Å². The topological polar surface area (TPSA) is 94.5 Å². The summed E-state index contributed by atoms with van der Waals surface area (Å²) in [6, 6.07) is 17.4. The third-order valence-electron chi connectivity index (χ3n) is 6.08. The Balaban J connectivity index is 1.20. The first-order valence-electron chi connectivity index (χ1n) is 11.9. The standard InChI is InChI=1S/C26H31N5O4/c1-29(19-24(32)27-21-7-9-22(10-8-21)30-15-17-35-18-16-30)25(33)11-12-26(34)31-14-13-23(28-31)20-5-3-2-4-6-20/h2-10H,11-19H2,1H3,(H,27,32). The van der Waals surface area contributed by atoms with E-state index in [1.807, 2.05) is 54.6 Å². The molecule has 1 saturated heterocycles. The molecule has 0 unspecified atom stereocenters. The van der Waals surface area contributed by atoms with Gasteiger partial charge in [0.25, 0.3) is 0 Å². The number of carbonyl (C=O) groups is 3. The Hall–Kier alpha value is -3.72. The van der Waals surface area contributed by atoms with Crippen LogP contribution in [-0.4, -0.2) is 79.8 Å². The number of nitrogens with one attached hydrogen (secondary N) is 1. The Morgan fingerprint density at radius 2 is 1.69 bits per heavy atom. The fourth-order valence-electron chi connectivity index (χ4n) is 4.09. The van der Waals surface area contributed by atoms with Gasteiger partial charge in [-0.1, -0.05) is 30.3 Å². The summed E-state index contributed by atoms with van der Waals surface area (Å²) in [5, 5.41) is 8.67. The van der Waals surface area contributed by atoms with Crippen molar-refractivity contribution in [3.05, 3.63) is 60.2 Å². The lowest BCUT2D eigenvalue weighted by molar-refractivity contribution is -0.137. The molecular formula is C26H31N5O4. The molecule has 9 heteroatoms. The Kier molecular flexibility index (Phi) is 8.10. The number of hydrazone groups is 1. The molecule has 2 aromatic rings. The van der Waals surface area contributed by atoms with Crippen molar-refractivity contribution in [2.75, 3.05) is 56.7 Å². The number of rotatable bonds is 8. The Morgan fingerprint density at radius 1 is 0.971 bits per heavy atom. The molecule has 0 saturated carbocycles. The summed E-state index contributed by atoms with van der Waals surface area (Å²) in [4.78, 5) is 41.0. The first kappa shape index (κ1) is 24.4. The van der Waals surface area contributed by atoms with E-state index in [0.717, 1.165) is 30.1 Å². The van der Waals surface area contributed by atoms with Crippen molar-refractivity contribution in [2.24, 2.45) is 5.10 Å². The van der Waals surface area contributed by atoms with Crippen LogP contribution >= 0.6 is 0 Å². The van der Waals surface area contributed by atoms with Gasteiger partial charge in [-0.25, -0.2) is 5.01 Å². The monoisotopic (exact) mass is 477 g/mol. The molecule has 1 N–H and O–H groups in total. The second-order valence-corrected chi connectivity index (χ2v) is 8.62. The molecule has 2 heterocycles. The van der Waals surface area contributed by atoms with Gasteiger partial charge in [0.05, 0.1) is 32.0 Å². The summed E-state index contributed by atoms with van der Waals surface area (Å²) in [7, 11) is 1.56. The number of morpholine rings is 1. The number of likely N-dealkylation sites (N-methyl/N-ethyl adjacent to an activating group) is 1. The molecular weight excluding hydrogens is 446 g/mol. The van der Waals surface area contributed by atoms with Crippen molar-refractivity contribution in [2.45, 2.75) is 19.3 Å². The van der Waals surface area contributed by atoms with Crippen LogP contribution in [-0.2, 0) is 19.1 Å². The predicted molar refractivity (Wildman–Crippen MR) is 134 cm³/mol. The van der Waals surface area contributed by atoms with E-state index in [9.17, 15) is 14.4 Å². The van der Waals surface area contributed by atoms with Crippen LogP contribution < -0.4 is 10.2 Å². The zero-order valence-corrected chi connectivity index (χ0v) is 20.0. The average Bonchev–Trinajstić information content (AvgIpc) is 3.39. The summed E-state index contributed by atoms with van der Waals surface area (Å²) < 4.78 is 5.37. The number of amides is 3. The minimum absolute atomic E-state index is 0.0313. The Morgan fingerprint density at radius 3 is 2.40 bits per heavy atom. The lowest BCUT2D eigenvalue weighted by Gasteiger charge is -2.28. The molecule has 0 spiro atoms. The van der Waals surface area contributed by atoms with E-state index in [1.165, 1.54) is 9.91 Å². The summed E-state index contributed by atoms with van der Waals surface area (Å²) in [6.45, 7) is 3.55. The quantitative estimate of drug-likeness (QED) is 0.630. The smallest absolute Gasteiger partial charge is 0.243 e. The summed E-state index contributed by atoms with van der Waals surface area (Å²) in [5.74, 6) is -0.743. The van der Waals surface area contributed by atoms with Crippen molar-refractivity contribution in [1.29, 1.82) is 0 Å². The number of carbonyl (C=O) groups excluding carboxylic acids is 3. The largest absolute Gasteiger partial charge is 0.378 e. The van der Waals surface area contributed by atoms with Gasteiger partial charge in [-0.15, -0.1) is 0 Å². The van der Waals surface area contributed by atoms with Crippen molar-refractivity contribution in [3.63, 3.8) is 0 Å². The molecule has 2 aromatic carbocycles. The fourth-order valence-corrected chi connectivity index (χ4v) is 4.09. The normalized spacial score (nSPS) is 15.5. The van der Waals surface area contributed by atoms with Gasteiger partial charge >= 0.3 is 0 Å². The average molecular weight is 478 g/mol. The summed E-state index contributed by atoms with van der Waals surface area (Å²) in [6.07, 6.45) is 0.778. The minimum Gasteiger partial charge on any atom is -0.378 e. The van der Waals surface area contributed by atoms with E-state index in [1.54, 1.807) is 7.05 Å². The first-order valence-corrected chi connectivity index (χ1v) is 11.9. The van der Waals surface area contributed by atoms with Gasteiger partial charge in [-0.2, -0.15) is 5.10 Å². The minimum atomic E-state index is -0.289. The SMILES string of the molecule is CN(CC(=O)Nc1ccc(N2CCOCC2)cc1)C(=O)CCC(=O)N1CCC(c2ccccc2)=N1.